The molecule has 0 bridgehead atoms. The highest BCUT2D eigenvalue weighted by Gasteiger charge is 2.24. The summed E-state index contributed by atoms with van der Waals surface area (Å²) in [6.07, 6.45) is 0.590. The van der Waals surface area contributed by atoms with Gasteiger partial charge in [0, 0.05) is 5.41 Å². The van der Waals surface area contributed by atoms with Crippen LogP contribution in [-0.4, -0.2) is 65.1 Å². The minimum atomic E-state index is -0.127. The van der Waals surface area contributed by atoms with Gasteiger partial charge >= 0.3 is 0 Å². The molecule has 2 saturated heterocycles. The summed E-state index contributed by atoms with van der Waals surface area (Å²) in [7, 11) is 0. The first-order chi connectivity index (χ1) is 15.1. The predicted octanol–water partition coefficient (Wildman–Crippen LogP) is 6.15. The highest BCUT2D eigenvalue weighted by molar-refractivity contribution is 5.41. The maximum absolute atomic E-state index is 5.77. The molecule has 2 atom stereocenters. The van der Waals surface area contributed by atoms with Gasteiger partial charge in [-0.2, -0.15) is 0 Å². The lowest BCUT2D eigenvalue weighted by atomic mass is 9.78. The average Bonchev–Trinajstić information content (AvgIpc) is 3.70. The molecule has 0 saturated carbocycles. The van der Waals surface area contributed by atoms with Crippen molar-refractivity contribution in [2.75, 3.05) is 52.9 Å². The maximum atomic E-state index is 5.77. The molecule has 2 unspecified atom stereocenters. The molecule has 0 N–H and O–H groups in total. The quantitative estimate of drug-likeness (QED) is 0.233. The zero-order valence-electron chi connectivity index (χ0n) is 18.4. The van der Waals surface area contributed by atoms with Crippen LogP contribution in [0.4, 0.5) is 0 Å². The Morgan fingerprint density at radius 3 is 1.29 bits per heavy atom. The molecule has 0 amide bonds. The SMILES string of the molecule is C.C.C.C.CC(C)(c1ccc(OCCOCC2CO2)cc1)c1ccc(OCCOCC2CO2)cc1. The molecule has 6 heteroatoms. The molecule has 2 aromatic carbocycles. The monoisotopic (exact) mass is 492 g/mol. The van der Waals surface area contributed by atoms with Gasteiger partial charge in [0.15, 0.2) is 0 Å². The molecule has 4 rings (SSSR count). The lowest BCUT2D eigenvalue weighted by Gasteiger charge is -2.26. The Bertz CT molecular complexity index is 727. The van der Waals surface area contributed by atoms with Crippen LogP contribution in [-0.2, 0) is 24.4 Å². The van der Waals surface area contributed by atoms with Crippen molar-refractivity contribution in [3.8, 4) is 11.5 Å². The van der Waals surface area contributed by atoms with Gasteiger partial charge in [0.25, 0.3) is 0 Å². The van der Waals surface area contributed by atoms with E-state index in [4.69, 9.17) is 28.4 Å². The molecule has 2 aromatic rings. The standard InChI is InChI=1S/C25H32O6.4CH4/c1-25(2,19-3-7-21(8-4-19)28-13-11-26-15-23-17-30-23)20-5-9-22(10-6-20)29-14-12-27-16-24-18-31-24;;;;/h3-10,23-24H,11-18H2,1-2H3;4*1H4. The first-order valence-corrected chi connectivity index (χ1v) is 11.0. The van der Waals surface area contributed by atoms with E-state index in [1.165, 1.54) is 11.1 Å². The predicted molar refractivity (Wildman–Crippen MR) is 144 cm³/mol. The van der Waals surface area contributed by atoms with E-state index in [9.17, 15) is 0 Å². The Morgan fingerprint density at radius 2 is 0.971 bits per heavy atom. The first-order valence-electron chi connectivity index (χ1n) is 11.0. The van der Waals surface area contributed by atoms with Crippen molar-refractivity contribution in [1.82, 2.24) is 0 Å². The third kappa shape index (κ3) is 10.6. The van der Waals surface area contributed by atoms with Crippen molar-refractivity contribution >= 4 is 0 Å². The minimum absolute atomic E-state index is 0. The van der Waals surface area contributed by atoms with Crippen LogP contribution in [0.15, 0.2) is 48.5 Å². The number of rotatable bonds is 14. The van der Waals surface area contributed by atoms with E-state index in [-0.39, 0.29) is 35.1 Å². The van der Waals surface area contributed by atoms with E-state index < -0.39 is 0 Å². The smallest absolute Gasteiger partial charge is 0.119 e. The van der Waals surface area contributed by atoms with Crippen LogP contribution in [0.5, 0.6) is 11.5 Å². The van der Waals surface area contributed by atoms with Crippen molar-refractivity contribution < 1.29 is 28.4 Å². The Labute approximate surface area is 213 Å². The van der Waals surface area contributed by atoms with Crippen molar-refractivity contribution in [2.45, 2.75) is 61.2 Å². The zero-order chi connectivity index (χ0) is 21.5. The Morgan fingerprint density at radius 1 is 0.629 bits per heavy atom. The van der Waals surface area contributed by atoms with Gasteiger partial charge in [-0.05, 0) is 35.4 Å². The molecule has 0 radical (unpaired) electrons. The average molecular weight is 493 g/mol. The minimum Gasteiger partial charge on any atom is -0.491 e. The number of hydrogen-bond acceptors (Lipinski definition) is 6. The molecule has 0 spiro atoms. The topological polar surface area (TPSA) is 62.0 Å². The summed E-state index contributed by atoms with van der Waals surface area (Å²) in [6, 6.07) is 16.6. The van der Waals surface area contributed by atoms with Gasteiger partial charge in [0.05, 0.1) is 39.6 Å². The zero-order valence-corrected chi connectivity index (χ0v) is 18.4. The summed E-state index contributed by atoms with van der Waals surface area (Å²) in [6.45, 7) is 9.62. The van der Waals surface area contributed by atoms with Crippen LogP contribution in [0.1, 0.15) is 54.7 Å². The summed E-state index contributed by atoms with van der Waals surface area (Å²) >= 11 is 0. The molecule has 200 valence electrons. The number of epoxide rings is 2. The second-order valence-corrected chi connectivity index (χ2v) is 8.43. The number of benzene rings is 2. The molecule has 2 aliphatic rings. The van der Waals surface area contributed by atoms with E-state index >= 15 is 0 Å². The molecule has 2 heterocycles. The third-order valence-electron chi connectivity index (χ3n) is 5.56. The van der Waals surface area contributed by atoms with Gasteiger partial charge in [0.2, 0.25) is 0 Å². The van der Waals surface area contributed by atoms with Crippen LogP contribution >= 0.6 is 0 Å². The Kier molecular flexibility index (Phi) is 14.8. The van der Waals surface area contributed by atoms with Crippen molar-refractivity contribution in [3.05, 3.63) is 59.7 Å². The fourth-order valence-corrected chi connectivity index (χ4v) is 3.30. The molecule has 35 heavy (non-hydrogen) atoms. The third-order valence-corrected chi connectivity index (χ3v) is 5.56. The van der Waals surface area contributed by atoms with Crippen LogP contribution in [0.25, 0.3) is 0 Å². The summed E-state index contributed by atoms with van der Waals surface area (Å²) in [4.78, 5) is 0. The van der Waals surface area contributed by atoms with Crippen molar-refractivity contribution in [2.24, 2.45) is 0 Å². The summed E-state index contributed by atoms with van der Waals surface area (Å²) < 4.78 is 32.8. The van der Waals surface area contributed by atoms with Gasteiger partial charge in [-0.15, -0.1) is 0 Å². The van der Waals surface area contributed by atoms with E-state index in [0.29, 0.717) is 51.8 Å². The number of hydrogen-bond donors (Lipinski definition) is 0. The van der Waals surface area contributed by atoms with Crippen molar-refractivity contribution in [1.29, 1.82) is 0 Å². The van der Waals surface area contributed by atoms with Crippen LogP contribution < -0.4 is 9.47 Å². The van der Waals surface area contributed by atoms with Crippen LogP contribution in [0.2, 0.25) is 0 Å². The molecule has 2 aliphatic heterocycles. The van der Waals surface area contributed by atoms with E-state index in [1.807, 2.05) is 24.3 Å². The van der Waals surface area contributed by atoms with Gasteiger partial charge in [-0.3, -0.25) is 0 Å². The van der Waals surface area contributed by atoms with E-state index in [1.54, 1.807) is 0 Å². The second kappa shape index (κ2) is 15.8. The van der Waals surface area contributed by atoms with Gasteiger partial charge < -0.3 is 28.4 Å². The fraction of sp³-hybridized carbons (Fsp3) is 0.586. The fourth-order valence-electron chi connectivity index (χ4n) is 3.30. The summed E-state index contributed by atoms with van der Waals surface area (Å²) in [5.41, 5.74) is 2.33. The molecule has 2 fully saturated rings. The molecule has 0 aromatic heterocycles. The van der Waals surface area contributed by atoms with Crippen LogP contribution in [0, 0.1) is 0 Å². The van der Waals surface area contributed by atoms with Crippen LogP contribution in [0.3, 0.4) is 0 Å². The van der Waals surface area contributed by atoms with Gasteiger partial charge in [-0.1, -0.05) is 67.8 Å². The summed E-state index contributed by atoms with van der Waals surface area (Å²) in [5, 5.41) is 0. The van der Waals surface area contributed by atoms with Crippen molar-refractivity contribution in [3.63, 3.8) is 0 Å². The van der Waals surface area contributed by atoms with Gasteiger partial charge in [-0.25, -0.2) is 0 Å². The normalized spacial score (nSPS) is 17.5. The molecule has 0 aliphatic carbocycles. The van der Waals surface area contributed by atoms with E-state index in [0.717, 1.165) is 24.7 Å². The first kappa shape index (κ1) is 32.9. The maximum Gasteiger partial charge on any atom is 0.119 e. The highest BCUT2D eigenvalue weighted by Crippen LogP contribution is 2.33. The summed E-state index contributed by atoms with van der Waals surface area (Å²) in [5.74, 6) is 1.70. The number of ether oxygens (including phenoxy) is 6. The lowest BCUT2D eigenvalue weighted by Crippen LogP contribution is -2.19. The highest BCUT2D eigenvalue weighted by atomic mass is 16.6. The van der Waals surface area contributed by atoms with E-state index in [2.05, 4.69) is 38.1 Å². The Balaban J connectivity index is 0.00000289. The largest absolute Gasteiger partial charge is 0.491 e. The lowest BCUT2D eigenvalue weighted by molar-refractivity contribution is 0.0878. The van der Waals surface area contributed by atoms with Gasteiger partial charge in [0.1, 0.15) is 36.9 Å². The Hall–Kier alpha value is -2.12. The molecular weight excluding hydrogens is 444 g/mol. The molecule has 6 nitrogen and oxygen atoms in total. The molecular formula is C29H48O6. The second-order valence-electron chi connectivity index (χ2n) is 8.43.